The summed E-state index contributed by atoms with van der Waals surface area (Å²) in [6, 6.07) is 4.12. The van der Waals surface area contributed by atoms with Gasteiger partial charge in [-0.25, -0.2) is 4.98 Å². The van der Waals surface area contributed by atoms with Crippen LogP contribution in [0, 0.1) is 0 Å². The molecule has 0 fully saturated rings. The summed E-state index contributed by atoms with van der Waals surface area (Å²) >= 11 is 3.58. The number of pyridine rings is 1. The van der Waals surface area contributed by atoms with E-state index in [1.165, 1.54) is 10.9 Å². The van der Waals surface area contributed by atoms with Crippen molar-refractivity contribution in [3.63, 3.8) is 0 Å². The monoisotopic (exact) mass is 252 g/mol. The molecule has 0 aliphatic rings. The molecule has 2 aromatic heterocycles. The Bertz CT molecular complexity index is 445. The number of aryl methyl sites for hydroxylation is 1. The minimum atomic E-state index is 0.508. The minimum Gasteiger partial charge on any atom is -0.335 e. The summed E-state index contributed by atoms with van der Waals surface area (Å²) in [7, 11) is 2.04. The summed E-state index contributed by atoms with van der Waals surface area (Å²) < 4.78 is 2.08. The molecule has 0 radical (unpaired) electrons. The molecule has 2 nitrogen and oxygen atoms in total. The highest BCUT2D eigenvalue weighted by Gasteiger charge is 2.08. The second-order valence-electron chi connectivity index (χ2n) is 3.62. The molecule has 0 amide bonds. The summed E-state index contributed by atoms with van der Waals surface area (Å²) in [5.74, 6) is 0. The summed E-state index contributed by atoms with van der Waals surface area (Å²) in [6.45, 7) is 2.16. The van der Waals surface area contributed by atoms with Crippen LogP contribution in [0.25, 0.3) is 11.0 Å². The maximum Gasteiger partial charge on any atom is 0.139 e. The highest BCUT2D eigenvalue weighted by molar-refractivity contribution is 9.09. The molecule has 1 unspecified atom stereocenters. The standard InChI is InChI=1S/C11H13BrN2/c1-8(12)6-9-7-14(2)11-10(9)4-3-5-13-11/h3-5,7-8H,6H2,1-2H3. The van der Waals surface area contributed by atoms with Crippen LogP contribution in [-0.4, -0.2) is 14.4 Å². The maximum atomic E-state index is 4.36. The Labute approximate surface area is 92.1 Å². The van der Waals surface area contributed by atoms with Crippen LogP contribution in [0.5, 0.6) is 0 Å². The van der Waals surface area contributed by atoms with Gasteiger partial charge >= 0.3 is 0 Å². The van der Waals surface area contributed by atoms with Crippen LogP contribution in [0.4, 0.5) is 0 Å². The largest absolute Gasteiger partial charge is 0.335 e. The van der Waals surface area contributed by atoms with Gasteiger partial charge in [-0.2, -0.15) is 0 Å². The van der Waals surface area contributed by atoms with Gasteiger partial charge in [0.25, 0.3) is 0 Å². The number of nitrogens with zero attached hydrogens (tertiary/aromatic N) is 2. The lowest BCUT2D eigenvalue weighted by Crippen LogP contribution is -1.94. The van der Waals surface area contributed by atoms with Crippen molar-refractivity contribution in [2.24, 2.45) is 7.05 Å². The van der Waals surface area contributed by atoms with Crippen LogP contribution >= 0.6 is 15.9 Å². The third-order valence-corrected chi connectivity index (χ3v) is 2.64. The van der Waals surface area contributed by atoms with Gasteiger partial charge in [0.1, 0.15) is 5.65 Å². The molecule has 14 heavy (non-hydrogen) atoms. The fraction of sp³-hybridized carbons (Fsp3) is 0.364. The second kappa shape index (κ2) is 3.73. The van der Waals surface area contributed by atoms with Crippen molar-refractivity contribution in [1.82, 2.24) is 9.55 Å². The van der Waals surface area contributed by atoms with E-state index in [-0.39, 0.29) is 0 Å². The smallest absolute Gasteiger partial charge is 0.139 e. The molecule has 2 aromatic rings. The van der Waals surface area contributed by atoms with E-state index in [9.17, 15) is 0 Å². The molecule has 0 bridgehead atoms. The average Bonchev–Trinajstić information content (AvgIpc) is 2.44. The molecule has 0 aromatic carbocycles. The number of hydrogen-bond acceptors (Lipinski definition) is 1. The van der Waals surface area contributed by atoms with Crippen LogP contribution in [-0.2, 0) is 13.5 Å². The molecular weight excluding hydrogens is 240 g/mol. The molecule has 0 N–H and O–H groups in total. The molecule has 0 saturated heterocycles. The van der Waals surface area contributed by atoms with Crippen molar-refractivity contribution in [1.29, 1.82) is 0 Å². The molecule has 1 atom stereocenters. The minimum absolute atomic E-state index is 0.508. The Morgan fingerprint density at radius 3 is 3.07 bits per heavy atom. The Hall–Kier alpha value is -0.830. The van der Waals surface area contributed by atoms with E-state index in [1.54, 1.807) is 0 Å². The van der Waals surface area contributed by atoms with E-state index in [4.69, 9.17) is 0 Å². The van der Waals surface area contributed by atoms with Gasteiger partial charge in [-0.1, -0.05) is 22.9 Å². The first-order valence-electron chi connectivity index (χ1n) is 4.71. The lowest BCUT2D eigenvalue weighted by atomic mass is 10.1. The molecular formula is C11H13BrN2. The Kier molecular flexibility index (Phi) is 2.59. The Morgan fingerprint density at radius 1 is 1.57 bits per heavy atom. The van der Waals surface area contributed by atoms with Gasteiger partial charge in [0.15, 0.2) is 0 Å². The topological polar surface area (TPSA) is 17.8 Å². The SMILES string of the molecule is CC(Br)Cc1cn(C)c2ncccc12. The summed E-state index contributed by atoms with van der Waals surface area (Å²) in [6.07, 6.45) is 5.04. The highest BCUT2D eigenvalue weighted by Crippen LogP contribution is 2.21. The molecule has 2 heterocycles. The van der Waals surface area contributed by atoms with E-state index in [0.29, 0.717) is 4.83 Å². The first-order valence-corrected chi connectivity index (χ1v) is 5.63. The fourth-order valence-corrected chi connectivity index (χ4v) is 2.11. The highest BCUT2D eigenvalue weighted by atomic mass is 79.9. The molecule has 0 spiro atoms. The average molecular weight is 253 g/mol. The number of rotatable bonds is 2. The zero-order chi connectivity index (χ0) is 10.1. The van der Waals surface area contributed by atoms with E-state index in [1.807, 2.05) is 19.3 Å². The number of hydrogen-bond donors (Lipinski definition) is 0. The Balaban J connectivity index is 2.55. The number of halogens is 1. The quantitative estimate of drug-likeness (QED) is 0.752. The molecule has 0 aliphatic heterocycles. The van der Waals surface area contributed by atoms with Crippen molar-refractivity contribution in [3.8, 4) is 0 Å². The van der Waals surface area contributed by atoms with Crippen molar-refractivity contribution in [2.75, 3.05) is 0 Å². The second-order valence-corrected chi connectivity index (χ2v) is 5.19. The molecule has 3 heteroatoms. The van der Waals surface area contributed by atoms with Gasteiger partial charge in [0, 0.05) is 29.7 Å². The third kappa shape index (κ3) is 1.69. The van der Waals surface area contributed by atoms with Gasteiger partial charge in [0.05, 0.1) is 0 Å². The first-order chi connectivity index (χ1) is 6.68. The van der Waals surface area contributed by atoms with E-state index in [0.717, 1.165) is 12.1 Å². The number of fused-ring (bicyclic) bond motifs is 1. The van der Waals surface area contributed by atoms with E-state index >= 15 is 0 Å². The lowest BCUT2D eigenvalue weighted by molar-refractivity contribution is 0.916. The summed E-state index contributed by atoms with van der Waals surface area (Å²) in [5, 5.41) is 1.27. The zero-order valence-electron chi connectivity index (χ0n) is 8.37. The first kappa shape index (κ1) is 9.71. The maximum absolute atomic E-state index is 4.36. The lowest BCUT2D eigenvalue weighted by Gasteiger charge is -2.00. The number of alkyl halides is 1. The Morgan fingerprint density at radius 2 is 2.36 bits per heavy atom. The summed E-state index contributed by atoms with van der Waals surface area (Å²) in [4.78, 5) is 4.86. The van der Waals surface area contributed by atoms with Gasteiger partial charge in [-0.3, -0.25) is 0 Å². The predicted molar refractivity (Wildman–Crippen MR) is 62.8 cm³/mol. The van der Waals surface area contributed by atoms with Crippen molar-refractivity contribution in [3.05, 3.63) is 30.1 Å². The molecule has 0 saturated carbocycles. The van der Waals surface area contributed by atoms with E-state index in [2.05, 4.69) is 44.7 Å². The van der Waals surface area contributed by atoms with Crippen molar-refractivity contribution >= 4 is 27.0 Å². The van der Waals surface area contributed by atoms with Crippen LogP contribution in [0.2, 0.25) is 0 Å². The van der Waals surface area contributed by atoms with E-state index < -0.39 is 0 Å². The molecule has 0 aliphatic carbocycles. The zero-order valence-corrected chi connectivity index (χ0v) is 9.95. The van der Waals surface area contributed by atoms with Gasteiger partial charge in [-0.15, -0.1) is 0 Å². The normalized spacial score (nSPS) is 13.4. The summed E-state index contributed by atoms with van der Waals surface area (Å²) in [5.41, 5.74) is 2.43. The van der Waals surface area contributed by atoms with Gasteiger partial charge in [0.2, 0.25) is 0 Å². The van der Waals surface area contributed by atoms with Crippen LogP contribution in [0.1, 0.15) is 12.5 Å². The van der Waals surface area contributed by atoms with Crippen LogP contribution < -0.4 is 0 Å². The van der Waals surface area contributed by atoms with Crippen LogP contribution in [0.3, 0.4) is 0 Å². The molecule has 74 valence electrons. The third-order valence-electron chi connectivity index (χ3n) is 2.32. The predicted octanol–water partition coefficient (Wildman–Crippen LogP) is 2.90. The molecule has 2 rings (SSSR count). The van der Waals surface area contributed by atoms with Crippen LogP contribution in [0.15, 0.2) is 24.5 Å². The fourth-order valence-electron chi connectivity index (χ4n) is 1.76. The van der Waals surface area contributed by atoms with Gasteiger partial charge in [-0.05, 0) is 24.1 Å². The van der Waals surface area contributed by atoms with Crippen molar-refractivity contribution in [2.45, 2.75) is 18.2 Å². The number of aromatic nitrogens is 2. The van der Waals surface area contributed by atoms with Crippen molar-refractivity contribution < 1.29 is 0 Å². The van der Waals surface area contributed by atoms with Gasteiger partial charge < -0.3 is 4.57 Å².